The smallest absolute Gasteiger partial charge is 0.404 e. The minimum absolute atomic E-state index is 0.0568. The molecule has 1 aromatic carbocycles. The molecule has 0 radical (unpaired) electrons. The van der Waals surface area contributed by atoms with Gasteiger partial charge in [-0.15, -0.1) is 0 Å². The SMILES string of the molecule is NC(=O)OCC(N)c1cccc(F)c1. The Hall–Kier alpha value is -1.62. The van der Waals surface area contributed by atoms with E-state index in [4.69, 9.17) is 11.5 Å². The van der Waals surface area contributed by atoms with Gasteiger partial charge < -0.3 is 16.2 Å². The van der Waals surface area contributed by atoms with Crippen molar-refractivity contribution >= 4 is 6.09 Å². The number of ether oxygens (including phenoxy) is 1. The molecule has 0 saturated carbocycles. The molecule has 14 heavy (non-hydrogen) atoms. The quantitative estimate of drug-likeness (QED) is 0.758. The van der Waals surface area contributed by atoms with E-state index in [1.54, 1.807) is 6.07 Å². The van der Waals surface area contributed by atoms with E-state index in [0.717, 1.165) is 0 Å². The van der Waals surface area contributed by atoms with Crippen LogP contribution in [0.25, 0.3) is 0 Å². The van der Waals surface area contributed by atoms with Crippen LogP contribution >= 0.6 is 0 Å². The molecule has 0 fully saturated rings. The topological polar surface area (TPSA) is 78.3 Å². The molecule has 1 unspecified atom stereocenters. The third kappa shape index (κ3) is 3.02. The molecule has 4 nitrogen and oxygen atoms in total. The van der Waals surface area contributed by atoms with Gasteiger partial charge in [-0.05, 0) is 17.7 Å². The Labute approximate surface area is 80.6 Å². The number of rotatable bonds is 3. The molecule has 0 spiro atoms. The van der Waals surface area contributed by atoms with Crippen molar-refractivity contribution in [1.82, 2.24) is 0 Å². The third-order valence-electron chi connectivity index (χ3n) is 1.68. The summed E-state index contributed by atoms with van der Waals surface area (Å²) < 4.78 is 17.2. The molecule has 0 bridgehead atoms. The zero-order valence-corrected chi connectivity index (χ0v) is 7.44. The number of carbonyl (C=O) groups excluding carboxylic acids is 1. The lowest BCUT2D eigenvalue weighted by Crippen LogP contribution is -2.22. The van der Waals surface area contributed by atoms with E-state index in [1.165, 1.54) is 18.2 Å². The van der Waals surface area contributed by atoms with Crippen LogP contribution in [0.3, 0.4) is 0 Å². The van der Waals surface area contributed by atoms with Crippen LogP contribution in [0.4, 0.5) is 9.18 Å². The fourth-order valence-corrected chi connectivity index (χ4v) is 1.01. The first-order valence-electron chi connectivity index (χ1n) is 4.03. The molecule has 1 rings (SSSR count). The van der Waals surface area contributed by atoms with Crippen LogP contribution in [0.1, 0.15) is 11.6 Å². The number of benzene rings is 1. The van der Waals surface area contributed by atoms with E-state index >= 15 is 0 Å². The standard InChI is InChI=1S/C9H11FN2O2/c10-7-3-1-2-6(4-7)8(11)5-14-9(12)13/h1-4,8H,5,11H2,(H2,12,13). The molecular formula is C9H11FN2O2. The first-order chi connectivity index (χ1) is 6.59. The number of hydrogen-bond acceptors (Lipinski definition) is 3. The molecule has 0 aliphatic rings. The van der Waals surface area contributed by atoms with Crippen molar-refractivity contribution in [2.75, 3.05) is 6.61 Å². The molecule has 76 valence electrons. The highest BCUT2D eigenvalue weighted by Gasteiger charge is 2.08. The number of nitrogens with two attached hydrogens (primary N) is 2. The Balaban J connectivity index is 2.60. The summed E-state index contributed by atoms with van der Waals surface area (Å²) in [6.45, 7) is -0.0568. The first-order valence-corrected chi connectivity index (χ1v) is 4.03. The van der Waals surface area contributed by atoms with Crippen molar-refractivity contribution in [3.8, 4) is 0 Å². The summed E-state index contributed by atoms with van der Waals surface area (Å²) in [5.41, 5.74) is 10.9. The van der Waals surface area contributed by atoms with Crippen LogP contribution in [-0.4, -0.2) is 12.7 Å². The Kier molecular flexibility index (Phi) is 3.41. The second kappa shape index (κ2) is 4.57. The maximum atomic E-state index is 12.7. The minimum Gasteiger partial charge on any atom is -0.448 e. The van der Waals surface area contributed by atoms with Crippen molar-refractivity contribution in [2.45, 2.75) is 6.04 Å². The van der Waals surface area contributed by atoms with Gasteiger partial charge in [0.2, 0.25) is 0 Å². The molecule has 0 heterocycles. The summed E-state index contributed by atoms with van der Waals surface area (Å²) in [6, 6.07) is 5.23. The molecule has 5 heteroatoms. The highest BCUT2D eigenvalue weighted by Crippen LogP contribution is 2.11. The Morgan fingerprint density at radius 3 is 2.86 bits per heavy atom. The summed E-state index contributed by atoms with van der Waals surface area (Å²) in [5, 5.41) is 0. The molecule has 1 amide bonds. The molecular weight excluding hydrogens is 187 g/mol. The highest BCUT2D eigenvalue weighted by atomic mass is 19.1. The summed E-state index contributed by atoms with van der Waals surface area (Å²) in [6.07, 6.45) is -0.892. The molecule has 4 N–H and O–H groups in total. The van der Waals surface area contributed by atoms with Crippen LogP contribution in [0.2, 0.25) is 0 Å². The maximum Gasteiger partial charge on any atom is 0.404 e. The lowest BCUT2D eigenvalue weighted by atomic mass is 10.1. The first kappa shape index (κ1) is 10.5. The van der Waals surface area contributed by atoms with Crippen LogP contribution in [-0.2, 0) is 4.74 Å². The van der Waals surface area contributed by atoms with Crippen molar-refractivity contribution in [1.29, 1.82) is 0 Å². The van der Waals surface area contributed by atoms with Gasteiger partial charge in [-0.25, -0.2) is 9.18 Å². The molecule has 1 atom stereocenters. The summed E-state index contributed by atoms with van der Waals surface area (Å²) >= 11 is 0. The molecule has 0 aromatic heterocycles. The van der Waals surface area contributed by atoms with Crippen LogP contribution < -0.4 is 11.5 Å². The number of amides is 1. The van der Waals surface area contributed by atoms with Gasteiger partial charge in [0.15, 0.2) is 0 Å². The summed E-state index contributed by atoms with van der Waals surface area (Å²) in [5.74, 6) is -0.378. The lowest BCUT2D eigenvalue weighted by Gasteiger charge is -2.11. The van der Waals surface area contributed by atoms with Gasteiger partial charge >= 0.3 is 6.09 Å². The van der Waals surface area contributed by atoms with E-state index in [2.05, 4.69) is 4.74 Å². The van der Waals surface area contributed by atoms with Gasteiger partial charge in [-0.2, -0.15) is 0 Å². The summed E-state index contributed by atoms with van der Waals surface area (Å²) in [4.78, 5) is 10.3. The van der Waals surface area contributed by atoms with E-state index in [9.17, 15) is 9.18 Å². The fraction of sp³-hybridized carbons (Fsp3) is 0.222. The minimum atomic E-state index is -0.892. The number of primary amides is 1. The number of halogens is 1. The van der Waals surface area contributed by atoms with E-state index in [-0.39, 0.29) is 12.4 Å². The van der Waals surface area contributed by atoms with Gasteiger partial charge in [0, 0.05) is 0 Å². The monoisotopic (exact) mass is 198 g/mol. The zero-order chi connectivity index (χ0) is 10.6. The second-order valence-electron chi connectivity index (χ2n) is 2.79. The Morgan fingerprint density at radius 2 is 2.29 bits per heavy atom. The zero-order valence-electron chi connectivity index (χ0n) is 7.44. The van der Waals surface area contributed by atoms with Crippen LogP contribution in [0.5, 0.6) is 0 Å². The Bertz CT molecular complexity index is 330. The highest BCUT2D eigenvalue weighted by molar-refractivity contribution is 5.64. The predicted octanol–water partition coefficient (Wildman–Crippen LogP) is 0.921. The fourth-order valence-electron chi connectivity index (χ4n) is 1.01. The second-order valence-corrected chi connectivity index (χ2v) is 2.79. The van der Waals surface area contributed by atoms with Gasteiger partial charge in [0.05, 0.1) is 6.04 Å². The average molecular weight is 198 g/mol. The molecule has 0 saturated heterocycles. The van der Waals surface area contributed by atoms with Crippen LogP contribution in [0, 0.1) is 5.82 Å². The molecule has 0 aliphatic heterocycles. The summed E-state index contributed by atoms with van der Waals surface area (Å²) in [7, 11) is 0. The average Bonchev–Trinajstić information content (AvgIpc) is 2.14. The van der Waals surface area contributed by atoms with Gasteiger partial charge in [0.25, 0.3) is 0 Å². The van der Waals surface area contributed by atoms with Crippen molar-refractivity contribution in [3.05, 3.63) is 35.6 Å². The lowest BCUT2D eigenvalue weighted by molar-refractivity contribution is 0.149. The molecule has 0 aliphatic carbocycles. The van der Waals surface area contributed by atoms with Crippen molar-refractivity contribution in [2.24, 2.45) is 11.5 Å². The van der Waals surface area contributed by atoms with Gasteiger partial charge in [-0.1, -0.05) is 12.1 Å². The van der Waals surface area contributed by atoms with Crippen molar-refractivity contribution in [3.63, 3.8) is 0 Å². The van der Waals surface area contributed by atoms with Gasteiger partial charge in [0.1, 0.15) is 12.4 Å². The predicted molar refractivity (Wildman–Crippen MR) is 48.9 cm³/mol. The van der Waals surface area contributed by atoms with Crippen LogP contribution in [0.15, 0.2) is 24.3 Å². The van der Waals surface area contributed by atoms with Gasteiger partial charge in [-0.3, -0.25) is 0 Å². The Morgan fingerprint density at radius 1 is 1.57 bits per heavy atom. The molecule has 1 aromatic rings. The largest absolute Gasteiger partial charge is 0.448 e. The van der Waals surface area contributed by atoms with E-state index in [0.29, 0.717) is 5.56 Å². The van der Waals surface area contributed by atoms with Crippen molar-refractivity contribution < 1.29 is 13.9 Å². The number of carbonyl (C=O) groups is 1. The maximum absolute atomic E-state index is 12.7. The third-order valence-corrected chi connectivity index (χ3v) is 1.68. The number of hydrogen-bond donors (Lipinski definition) is 2. The van der Waals surface area contributed by atoms with E-state index < -0.39 is 12.1 Å². The normalized spacial score (nSPS) is 12.1. The van der Waals surface area contributed by atoms with E-state index in [1.807, 2.05) is 0 Å².